The molecule has 2 N–H and O–H groups in total. The van der Waals surface area contributed by atoms with Crippen molar-refractivity contribution in [1.82, 2.24) is 15.3 Å². The molecule has 1 saturated heterocycles. The van der Waals surface area contributed by atoms with Crippen molar-refractivity contribution in [1.29, 1.82) is 0 Å². The van der Waals surface area contributed by atoms with Crippen LogP contribution < -0.4 is 15.5 Å². The molecule has 4 aromatic rings. The van der Waals surface area contributed by atoms with Crippen molar-refractivity contribution in [3.8, 4) is 11.3 Å². The summed E-state index contributed by atoms with van der Waals surface area (Å²) in [6.07, 6.45) is 0. The first kappa shape index (κ1) is 20.7. The lowest BCUT2D eigenvalue weighted by molar-refractivity contribution is 0.0949. The number of carbonyl (C=O) groups is 1. The number of thiophene rings is 1. The molecule has 3 aromatic heterocycles. The summed E-state index contributed by atoms with van der Waals surface area (Å²) in [6.45, 7) is 5.64. The van der Waals surface area contributed by atoms with E-state index in [1.807, 2.05) is 37.3 Å². The van der Waals surface area contributed by atoms with Crippen LogP contribution in [0.2, 0.25) is 5.15 Å². The Bertz CT molecular complexity index is 1400. The van der Waals surface area contributed by atoms with E-state index in [0.29, 0.717) is 24.9 Å². The molecule has 1 aromatic carbocycles. The van der Waals surface area contributed by atoms with Crippen molar-refractivity contribution in [2.24, 2.45) is 0 Å². The number of nitrogens with one attached hydrogen (secondary N) is 2. The van der Waals surface area contributed by atoms with Gasteiger partial charge in [0.15, 0.2) is 0 Å². The average Bonchev–Trinajstić information content (AvgIpc) is 3.15. The van der Waals surface area contributed by atoms with E-state index >= 15 is 0 Å². The highest BCUT2D eigenvalue weighted by Gasteiger charge is 2.25. The molecule has 5 heterocycles. The fraction of sp³-hybridized carbons (Fsp3) is 0.292. The van der Waals surface area contributed by atoms with E-state index in [9.17, 15) is 4.79 Å². The fourth-order valence-electron chi connectivity index (χ4n) is 4.47. The predicted molar refractivity (Wildman–Crippen MR) is 134 cm³/mol. The van der Waals surface area contributed by atoms with Crippen molar-refractivity contribution in [3.63, 3.8) is 0 Å². The third-order valence-corrected chi connectivity index (χ3v) is 7.45. The third-order valence-electron chi connectivity index (χ3n) is 6.10. The van der Waals surface area contributed by atoms with Gasteiger partial charge in [-0.05, 0) is 43.3 Å². The van der Waals surface area contributed by atoms with Crippen LogP contribution in [0, 0.1) is 0 Å². The summed E-state index contributed by atoms with van der Waals surface area (Å²) < 4.78 is 6.53. The molecule has 6 rings (SSSR count). The molecule has 2 aliphatic rings. The number of ether oxygens (including phenoxy) is 1. The molecule has 1 atom stereocenters. The van der Waals surface area contributed by atoms with Crippen LogP contribution in [0.15, 0.2) is 36.4 Å². The van der Waals surface area contributed by atoms with Crippen molar-refractivity contribution in [3.05, 3.63) is 46.4 Å². The quantitative estimate of drug-likeness (QED) is 0.411. The molecule has 0 saturated carbocycles. The molecule has 7 nitrogen and oxygen atoms in total. The molecule has 0 radical (unpaired) electrons. The van der Waals surface area contributed by atoms with Crippen molar-refractivity contribution >= 4 is 61.3 Å². The molecule has 33 heavy (non-hydrogen) atoms. The SMILES string of the molecule is C[C@@H]1CNc2c(sc3ccc4nc(-c5cc(Cl)nc(N6CCOCC6)c5)ccc4c23)C(=O)N1. The van der Waals surface area contributed by atoms with E-state index in [0.717, 1.165) is 61.7 Å². The minimum atomic E-state index is -0.0245. The van der Waals surface area contributed by atoms with Crippen molar-refractivity contribution in [2.45, 2.75) is 13.0 Å². The number of anilines is 2. The van der Waals surface area contributed by atoms with Crippen LogP contribution in [0.4, 0.5) is 11.5 Å². The number of halogens is 1. The van der Waals surface area contributed by atoms with E-state index in [1.165, 1.54) is 11.3 Å². The summed E-state index contributed by atoms with van der Waals surface area (Å²) >= 11 is 7.89. The number of hydrogen-bond donors (Lipinski definition) is 2. The zero-order valence-corrected chi connectivity index (χ0v) is 19.6. The highest BCUT2D eigenvalue weighted by molar-refractivity contribution is 7.21. The van der Waals surface area contributed by atoms with Crippen LogP contribution in [0.25, 0.3) is 32.2 Å². The van der Waals surface area contributed by atoms with Gasteiger partial charge in [-0.1, -0.05) is 11.6 Å². The van der Waals surface area contributed by atoms with Gasteiger partial charge in [0, 0.05) is 46.7 Å². The Morgan fingerprint density at radius 2 is 2.00 bits per heavy atom. The van der Waals surface area contributed by atoms with Crippen LogP contribution in [0.5, 0.6) is 0 Å². The van der Waals surface area contributed by atoms with Gasteiger partial charge < -0.3 is 20.3 Å². The van der Waals surface area contributed by atoms with E-state index in [-0.39, 0.29) is 11.9 Å². The highest BCUT2D eigenvalue weighted by atomic mass is 35.5. The van der Waals surface area contributed by atoms with Gasteiger partial charge in [0.2, 0.25) is 0 Å². The van der Waals surface area contributed by atoms with Crippen LogP contribution >= 0.6 is 22.9 Å². The maximum atomic E-state index is 12.7. The first-order valence-corrected chi connectivity index (χ1v) is 12.2. The summed E-state index contributed by atoms with van der Waals surface area (Å²) in [6, 6.07) is 12.1. The molecule has 2 aliphatic heterocycles. The highest BCUT2D eigenvalue weighted by Crippen LogP contribution is 2.41. The Morgan fingerprint density at radius 1 is 1.15 bits per heavy atom. The number of carbonyl (C=O) groups excluding carboxylic acids is 1. The number of benzene rings is 1. The van der Waals surface area contributed by atoms with Gasteiger partial charge in [-0.3, -0.25) is 4.79 Å². The number of morpholine rings is 1. The van der Waals surface area contributed by atoms with Gasteiger partial charge in [-0.25, -0.2) is 9.97 Å². The van der Waals surface area contributed by atoms with E-state index in [4.69, 9.17) is 21.3 Å². The van der Waals surface area contributed by atoms with Gasteiger partial charge in [0.1, 0.15) is 15.8 Å². The molecule has 0 aliphatic carbocycles. The number of rotatable bonds is 2. The number of hydrogen-bond acceptors (Lipinski definition) is 7. The van der Waals surface area contributed by atoms with Gasteiger partial charge in [0.25, 0.3) is 5.91 Å². The Labute approximate surface area is 199 Å². The summed E-state index contributed by atoms with van der Waals surface area (Å²) in [5, 5.41) is 9.04. The Kier molecular flexibility index (Phi) is 5.09. The van der Waals surface area contributed by atoms with Crippen LogP contribution in [0.3, 0.4) is 0 Å². The Balaban J connectivity index is 1.45. The van der Waals surface area contributed by atoms with Gasteiger partial charge in [0.05, 0.1) is 30.1 Å². The monoisotopic (exact) mass is 479 g/mol. The summed E-state index contributed by atoms with van der Waals surface area (Å²) in [5.41, 5.74) is 3.54. The topological polar surface area (TPSA) is 79.4 Å². The minimum Gasteiger partial charge on any atom is -0.381 e. The van der Waals surface area contributed by atoms with E-state index < -0.39 is 0 Å². The lowest BCUT2D eigenvalue weighted by atomic mass is 10.1. The molecule has 0 unspecified atom stereocenters. The summed E-state index contributed by atoms with van der Waals surface area (Å²) in [7, 11) is 0. The Hall–Kier alpha value is -2.94. The zero-order valence-electron chi connectivity index (χ0n) is 18.0. The number of pyridine rings is 2. The normalized spacial score (nSPS) is 18.7. The molecule has 0 spiro atoms. The molecule has 1 amide bonds. The second kappa shape index (κ2) is 8.13. The lowest BCUT2D eigenvalue weighted by Crippen LogP contribution is -2.36. The zero-order chi connectivity index (χ0) is 22.5. The third kappa shape index (κ3) is 3.68. The number of aromatic nitrogens is 2. The number of nitrogens with zero attached hydrogens (tertiary/aromatic N) is 3. The van der Waals surface area contributed by atoms with Gasteiger partial charge >= 0.3 is 0 Å². The Morgan fingerprint density at radius 3 is 2.85 bits per heavy atom. The largest absolute Gasteiger partial charge is 0.381 e. The summed E-state index contributed by atoms with van der Waals surface area (Å²) in [5.74, 6) is 0.814. The number of amides is 1. The minimum absolute atomic E-state index is 0.0245. The molecular formula is C24H22ClN5O2S. The molecule has 168 valence electrons. The predicted octanol–water partition coefficient (Wildman–Crippen LogP) is 4.55. The van der Waals surface area contributed by atoms with Crippen LogP contribution in [0.1, 0.15) is 16.6 Å². The maximum absolute atomic E-state index is 12.7. The summed E-state index contributed by atoms with van der Waals surface area (Å²) in [4.78, 5) is 25.0. The van der Waals surface area contributed by atoms with Crippen LogP contribution in [-0.2, 0) is 4.74 Å². The fourth-order valence-corrected chi connectivity index (χ4v) is 5.77. The van der Waals surface area contributed by atoms with Crippen molar-refractivity contribution in [2.75, 3.05) is 43.1 Å². The van der Waals surface area contributed by atoms with Crippen molar-refractivity contribution < 1.29 is 9.53 Å². The second-order valence-electron chi connectivity index (χ2n) is 8.40. The van der Waals surface area contributed by atoms with Crippen LogP contribution in [-0.4, -0.2) is 54.8 Å². The van der Waals surface area contributed by atoms with Gasteiger partial charge in [-0.2, -0.15) is 0 Å². The van der Waals surface area contributed by atoms with Gasteiger partial charge in [-0.15, -0.1) is 11.3 Å². The first-order valence-electron chi connectivity index (χ1n) is 11.0. The molecule has 0 bridgehead atoms. The standard InChI is InChI=1S/C24H22ClN5O2S/c1-13-12-26-22-21-15-2-3-16(28-17(15)4-5-18(21)33-23(22)24(31)27-13)14-10-19(25)29-20(11-14)30-6-8-32-9-7-30/h2-5,10-11,13,26H,6-9,12H2,1H3,(H,27,31)/t13-/m1/s1. The average molecular weight is 480 g/mol. The smallest absolute Gasteiger partial charge is 0.263 e. The molecular weight excluding hydrogens is 458 g/mol. The lowest BCUT2D eigenvalue weighted by Gasteiger charge is -2.28. The molecule has 9 heteroatoms. The maximum Gasteiger partial charge on any atom is 0.263 e. The first-order chi connectivity index (χ1) is 16.1. The number of fused-ring (bicyclic) bond motifs is 5. The second-order valence-corrected chi connectivity index (χ2v) is 9.84. The van der Waals surface area contributed by atoms with E-state index in [1.54, 1.807) is 0 Å². The van der Waals surface area contributed by atoms with E-state index in [2.05, 4.69) is 26.6 Å². The molecule has 1 fully saturated rings.